The average Bonchev–Trinajstić information content (AvgIpc) is 2.67. The van der Waals surface area contributed by atoms with E-state index in [1.807, 2.05) is 0 Å². The Hall–Kier alpha value is -1.36. The summed E-state index contributed by atoms with van der Waals surface area (Å²) in [6, 6.07) is 0. The predicted molar refractivity (Wildman–Crippen MR) is 54.1 cm³/mol. The number of nitrogens with two attached hydrogens (primary N) is 1. The van der Waals surface area contributed by atoms with Crippen LogP contribution in [-0.2, 0) is 4.74 Å². The van der Waals surface area contributed by atoms with Gasteiger partial charge in [0.15, 0.2) is 11.6 Å². The summed E-state index contributed by atoms with van der Waals surface area (Å²) < 4.78 is 5.27. The topological polar surface area (TPSA) is 64.3 Å². The van der Waals surface area contributed by atoms with Crippen LogP contribution in [0.1, 0.15) is 6.42 Å². The van der Waals surface area contributed by atoms with Crippen LogP contribution in [0.3, 0.4) is 0 Å². The number of hydrogen-bond donors (Lipinski definition) is 1. The summed E-state index contributed by atoms with van der Waals surface area (Å²) >= 11 is 0. The Kier molecular flexibility index (Phi) is 2.49. The first-order valence-electron chi connectivity index (χ1n) is 4.65. The van der Waals surface area contributed by atoms with Gasteiger partial charge in [0.1, 0.15) is 0 Å². The predicted octanol–water partition coefficient (Wildman–Crippen LogP) is 0.284. The minimum Gasteiger partial charge on any atom is -0.381 e. The summed E-state index contributed by atoms with van der Waals surface area (Å²) in [7, 11) is 1.73. The first-order chi connectivity index (χ1) is 6.81. The van der Waals surface area contributed by atoms with Gasteiger partial charge in [-0.25, -0.2) is 9.97 Å². The number of anilines is 2. The highest BCUT2D eigenvalue weighted by Gasteiger charge is 2.24. The Morgan fingerprint density at radius 1 is 1.50 bits per heavy atom. The van der Waals surface area contributed by atoms with Crippen molar-refractivity contribution in [1.29, 1.82) is 0 Å². The van der Waals surface area contributed by atoms with Gasteiger partial charge in [-0.2, -0.15) is 0 Å². The van der Waals surface area contributed by atoms with E-state index in [1.165, 1.54) is 0 Å². The standard InChI is InChI=1S/C9H14N4O/c1-14-7-2-5-13(6-7)9-8(10)11-3-4-12-9/h3-4,7H,2,5-6H2,1H3,(H2,10,11). The molecule has 1 aliphatic heterocycles. The average molecular weight is 194 g/mol. The zero-order valence-electron chi connectivity index (χ0n) is 8.18. The van der Waals surface area contributed by atoms with Crippen LogP contribution in [0.4, 0.5) is 11.6 Å². The van der Waals surface area contributed by atoms with Crippen LogP contribution in [0.2, 0.25) is 0 Å². The zero-order valence-corrected chi connectivity index (χ0v) is 8.18. The molecule has 1 aromatic heterocycles. The first kappa shape index (κ1) is 9.21. The molecule has 2 rings (SSSR count). The van der Waals surface area contributed by atoms with Crippen molar-refractivity contribution in [3.8, 4) is 0 Å². The molecule has 76 valence electrons. The van der Waals surface area contributed by atoms with E-state index in [4.69, 9.17) is 10.5 Å². The summed E-state index contributed by atoms with van der Waals surface area (Å²) in [4.78, 5) is 10.3. The summed E-state index contributed by atoms with van der Waals surface area (Å²) in [6.45, 7) is 1.78. The normalized spacial score (nSPS) is 21.5. The molecule has 5 nitrogen and oxygen atoms in total. The van der Waals surface area contributed by atoms with Crippen molar-refractivity contribution in [3.63, 3.8) is 0 Å². The smallest absolute Gasteiger partial charge is 0.171 e. The number of aromatic nitrogens is 2. The molecular formula is C9H14N4O. The van der Waals surface area contributed by atoms with Gasteiger partial charge in [-0.15, -0.1) is 0 Å². The van der Waals surface area contributed by atoms with Gasteiger partial charge in [-0.05, 0) is 6.42 Å². The van der Waals surface area contributed by atoms with Crippen LogP contribution in [0.25, 0.3) is 0 Å². The van der Waals surface area contributed by atoms with Crippen molar-refractivity contribution in [2.75, 3.05) is 30.8 Å². The van der Waals surface area contributed by atoms with Crippen LogP contribution >= 0.6 is 0 Å². The second-order valence-corrected chi connectivity index (χ2v) is 3.36. The van der Waals surface area contributed by atoms with Crippen LogP contribution in [0.15, 0.2) is 12.4 Å². The maximum absolute atomic E-state index is 5.73. The third-order valence-corrected chi connectivity index (χ3v) is 2.48. The number of hydrogen-bond acceptors (Lipinski definition) is 5. The van der Waals surface area contributed by atoms with Gasteiger partial charge in [-0.1, -0.05) is 0 Å². The van der Waals surface area contributed by atoms with Gasteiger partial charge >= 0.3 is 0 Å². The maximum Gasteiger partial charge on any atom is 0.171 e. The highest BCUT2D eigenvalue weighted by Crippen LogP contribution is 2.22. The minimum atomic E-state index is 0.288. The van der Waals surface area contributed by atoms with Crippen molar-refractivity contribution in [3.05, 3.63) is 12.4 Å². The molecule has 0 bridgehead atoms. The van der Waals surface area contributed by atoms with E-state index < -0.39 is 0 Å². The zero-order chi connectivity index (χ0) is 9.97. The van der Waals surface area contributed by atoms with E-state index >= 15 is 0 Å². The van der Waals surface area contributed by atoms with Gasteiger partial charge in [0.25, 0.3) is 0 Å². The van der Waals surface area contributed by atoms with E-state index in [9.17, 15) is 0 Å². The number of methoxy groups -OCH3 is 1. The van der Waals surface area contributed by atoms with Gasteiger partial charge in [0, 0.05) is 32.6 Å². The van der Waals surface area contributed by atoms with E-state index in [0.717, 1.165) is 25.3 Å². The van der Waals surface area contributed by atoms with Crippen molar-refractivity contribution < 1.29 is 4.74 Å². The molecule has 2 heterocycles. The molecule has 0 radical (unpaired) electrons. The Morgan fingerprint density at radius 2 is 2.29 bits per heavy atom. The van der Waals surface area contributed by atoms with E-state index in [0.29, 0.717) is 5.82 Å². The largest absolute Gasteiger partial charge is 0.381 e. The molecule has 5 heteroatoms. The summed E-state index contributed by atoms with van der Waals surface area (Å²) in [5, 5.41) is 0. The second-order valence-electron chi connectivity index (χ2n) is 3.36. The summed E-state index contributed by atoms with van der Waals surface area (Å²) in [6.07, 6.45) is 4.57. The summed E-state index contributed by atoms with van der Waals surface area (Å²) in [5.74, 6) is 1.26. The van der Waals surface area contributed by atoms with Crippen LogP contribution in [-0.4, -0.2) is 36.3 Å². The lowest BCUT2D eigenvalue weighted by Gasteiger charge is -2.17. The van der Waals surface area contributed by atoms with Crippen LogP contribution in [0, 0.1) is 0 Å². The molecule has 1 aromatic rings. The fourth-order valence-corrected chi connectivity index (χ4v) is 1.70. The Morgan fingerprint density at radius 3 is 2.93 bits per heavy atom. The number of nitrogens with zero attached hydrogens (tertiary/aromatic N) is 3. The first-order valence-corrected chi connectivity index (χ1v) is 4.65. The molecule has 0 spiro atoms. The van der Waals surface area contributed by atoms with Gasteiger partial charge in [-0.3, -0.25) is 0 Å². The van der Waals surface area contributed by atoms with Crippen molar-refractivity contribution in [1.82, 2.24) is 9.97 Å². The molecule has 0 amide bonds. The molecule has 0 saturated carbocycles. The van der Waals surface area contributed by atoms with Crippen molar-refractivity contribution >= 4 is 11.6 Å². The lowest BCUT2D eigenvalue weighted by atomic mass is 10.3. The fraction of sp³-hybridized carbons (Fsp3) is 0.556. The van der Waals surface area contributed by atoms with E-state index in [-0.39, 0.29) is 6.10 Å². The SMILES string of the molecule is COC1CCN(c2nccnc2N)C1. The Labute approximate surface area is 82.9 Å². The Balaban J connectivity index is 2.13. The van der Waals surface area contributed by atoms with E-state index in [2.05, 4.69) is 14.9 Å². The number of rotatable bonds is 2. The molecular weight excluding hydrogens is 180 g/mol. The third kappa shape index (κ3) is 1.63. The van der Waals surface area contributed by atoms with Crippen LogP contribution < -0.4 is 10.6 Å². The quantitative estimate of drug-likeness (QED) is 0.732. The van der Waals surface area contributed by atoms with E-state index in [1.54, 1.807) is 19.5 Å². The van der Waals surface area contributed by atoms with Crippen molar-refractivity contribution in [2.24, 2.45) is 0 Å². The van der Waals surface area contributed by atoms with Gasteiger partial charge in [0.05, 0.1) is 6.10 Å². The maximum atomic E-state index is 5.73. The molecule has 0 aromatic carbocycles. The van der Waals surface area contributed by atoms with Gasteiger partial charge in [0.2, 0.25) is 0 Å². The molecule has 1 saturated heterocycles. The third-order valence-electron chi connectivity index (χ3n) is 2.48. The molecule has 1 atom stereocenters. The molecule has 2 N–H and O–H groups in total. The molecule has 1 fully saturated rings. The molecule has 1 aliphatic rings. The minimum absolute atomic E-state index is 0.288. The lowest BCUT2D eigenvalue weighted by Crippen LogP contribution is -2.24. The monoisotopic (exact) mass is 194 g/mol. The molecule has 0 aliphatic carbocycles. The lowest BCUT2D eigenvalue weighted by molar-refractivity contribution is 0.121. The fourth-order valence-electron chi connectivity index (χ4n) is 1.70. The highest BCUT2D eigenvalue weighted by atomic mass is 16.5. The number of ether oxygens (including phenoxy) is 1. The van der Waals surface area contributed by atoms with Gasteiger partial charge < -0.3 is 15.4 Å². The Bertz CT molecular complexity index is 317. The summed E-state index contributed by atoms with van der Waals surface area (Å²) in [5.41, 5.74) is 5.73. The second kappa shape index (κ2) is 3.79. The molecule has 1 unspecified atom stereocenters. The van der Waals surface area contributed by atoms with Crippen LogP contribution in [0.5, 0.6) is 0 Å². The van der Waals surface area contributed by atoms with Crippen molar-refractivity contribution in [2.45, 2.75) is 12.5 Å². The highest BCUT2D eigenvalue weighted by molar-refractivity contribution is 5.57. The number of nitrogen functional groups attached to an aromatic ring is 1. The molecule has 14 heavy (non-hydrogen) atoms.